The standard InChI is InChI=1S/C17H27NO2/c1-4-9-15(14-10-7-6-8-11-14)17(20)18-12-16(19)13(3)5-2/h6-8,10-11,13,15-16,19H,4-5,9,12H2,1-3H3,(H,18,20). The topological polar surface area (TPSA) is 49.3 Å². The van der Waals surface area contributed by atoms with Crippen LogP contribution < -0.4 is 5.32 Å². The zero-order valence-electron chi connectivity index (χ0n) is 12.8. The van der Waals surface area contributed by atoms with Gasteiger partial charge < -0.3 is 10.4 Å². The fraction of sp³-hybridized carbons (Fsp3) is 0.588. The second kappa shape index (κ2) is 8.75. The van der Waals surface area contributed by atoms with E-state index in [1.54, 1.807) is 0 Å². The van der Waals surface area contributed by atoms with E-state index in [1.807, 2.05) is 44.2 Å². The summed E-state index contributed by atoms with van der Waals surface area (Å²) >= 11 is 0. The Balaban J connectivity index is 2.62. The Labute approximate surface area is 122 Å². The van der Waals surface area contributed by atoms with Crippen molar-refractivity contribution in [2.75, 3.05) is 6.54 Å². The maximum Gasteiger partial charge on any atom is 0.227 e. The van der Waals surface area contributed by atoms with Gasteiger partial charge in [0, 0.05) is 6.54 Å². The molecule has 0 radical (unpaired) electrons. The second-order valence-corrected chi connectivity index (χ2v) is 5.45. The van der Waals surface area contributed by atoms with Crippen LogP contribution in [0.5, 0.6) is 0 Å². The molecule has 0 fully saturated rings. The van der Waals surface area contributed by atoms with Gasteiger partial charge >= 0.3 is 0 Å². The zero-order valence-corrected chi connectivity index (χ0v) is 12.8. The molecule has 3 unspecified atom stereocenters. The minimum absolute atomic E-state index is 0.0143. The summed E-state index contributed by atoms with van der Waals surface area (Å²) in [7, 11) is 0. The number of hydrogen-bond donors (Lipinski definition) is 2. The first-order chi connectivity index (χ1) is 9.60. The molecule has 0 aliphatic heterocycles. The molecule has 1 rings (SSSR count). The largest absolute Gasteiger partial charge is 0.391 e. The normalized spacial score (nSPS) is 15.4. The molecular formula is C17H27NO2. The third-order valence-corrected chi connectivity index (χ3v) is 3.88. The summed E-state index contributed by atoms with van der Waals surface area (Å²) in [6.45, 7) is 6.45. The molecule has 0 spiro atoms. The van der Waals surface area contributed by atoms with Gasteiger partial charge in [0.2, 0.25) is 5.91 Å². The van der Waals surface area contributed by atoms with Gasteiger partial charge in [0.15, 0.2) is 0 Å². The highest BCUT2D eigenvalue weighted by molar-refractivity contribution is 5.83. The van der Waals surface area contributed by atoms with Gasteiger partial charge in [0.25, 0.3) is 0 Å². The number of hydrogen-bond acceptors (Lipinski definition) is 2. The molecule has 0 heterocycles. The van der Waals surface area contributed by atoms with Crippen molar-refractivity contribution in [1.29, 1.82) is 0 Å². The number of aliphatic hydroxyl groups excluding tert-OH is 1. The van der Waals surface area contributed by atoms with E-state index in [0.29, 0.717) is 6.54 Å². The smallest absolute Gasteiger partial charge is 0.227 e. The molecule has 0 aliphatic carbocycles. The van der Waals surface area contributed by atoms with Gasteiger partial charge in [0.1, 0.15) is 0 Å². The Bertz CT molecular complexity index is 391. The lowest BCUT2D eigenvalue weighted by Crippen LogP contribution is -2.38. The predicted octanol–water partition coefficient (Wildman–Crippen LogP) is 3.09. The molecule has 0 aliphatic rings. The van der Waals surface area contributed by atoms with E-state index >= 15 is 0 Å². The number of amides is 1. The Morgan fingerprint density at radius 2 is 1.90 bits per heavy atom. The van der Waals surface area contributed by atoms with E-state index in [-0.39, 0.29) is 17.7 Å². The minimum Gasteiger partial charge on any atom is -0.391 e. The Morgan fingerprint density at radius 1 is 1.25 bits per heavy atom. The Morgan fingerprint density at radius 3 is 2.45 bits per heavy atom. The fourth-order valence-corrected chi connectivity index (χ4v) is 2.22. The van der Waals surface area contributed by atoms with Crippen LogP contribution in [0.25, 0.3) is 0 Å². The number of carbonyl (C=O) groups is 1. The van der Waals surface area contributed by atoms with Crippen molar-refractivity contribution in [2.24, 2.45) is 5.92 Å². The van der Waals surface area contributed by atoms with Crippen LogP contribution in [0, 0.1) is 5.92 Å². The molecule has 0 saturated heterocycles. The van der Waals surface area contributed by atoms with E-state index in [4.69, 9.17) is 0 Å². The lowest BCUT2D eigenvalue weighted by atomic mass is 9.93. The first kappa shape index (κ1) is 16.7. The summed E-state index contributed by atoms with van der Waals surface area (Å²) in [6, 6.07) is 9.85. The summed E-state index contributed by atoms with van der Waals surface area (Å²) < 4.78 is 0. The van der Waals surface area contributed by atoms with Gasteiger partial charge in [-0.15, -0.1) is 0 Å². The van der Waals surface area contributed by atoms with Gasteiger partial charge in [-0.3, -0.25) is 4.79 Å². The van der Waals surface area contributed by atoms with Crippen LogP contribution in [-0.2, 0) is 4.79 Å². The van der Waals surface area contributed by atoms with Crippen molar-refractivity contribution in [3.63, 3.8) is 0 Å². The van der Waals surface area contributed by atoms with Crippen molar-refractivity contribution in [3.8, 4) is 0 Å². The molecule has 0 aromatic heterocycles. The number of carbonyl (C=O) groups excluding carboxylic acids is 1. The monoisotopic (exact) mass is 277 g/mol. The van der Waals surface area contributed by atoms with E-state index in [9.17, 15) is 9.90 Å². The lowest BCUT2D eigenvalue weighted by Gasteiger charge is -2.21. The first-order valence-electron chi connectivity index (χ1n) is 7.60. The van der Waals surface area contributed by atoms with Gasteiger partial charge in [-0.2, -0.15) is 0 Å². The molecule has 20 heavy (non-hydrogen) atoms. The average molecular weight is 277 g/mol. The second-order valence-electron chi connectivity index (χ2n) is 5.45. The summed E-state index contributed by atoms with van der Waals surface area (Å²) in [6.07, 6.45) is 2.23. The third kappa shape index (κ3) is 4.97. The molecular weight excluding hydrogens is 250 g/mol. The molecule has 0 saturated carbocycles. The molecule has 1 aromatic rings. The maximum absolute atomic E-state index is 12.3. The van der Waals surface area contributed by atoms with Crippen molar-refractivity contribution in [2.45, 2.75) is 52.1 Å². The minimum atomic E-state index is -0.470. The van der Waals surface area contributed by atoms with Gasteiger partial charge in [-0.1, -0.05) is 63.9 Å². The lowest BCUT2D eigenvalue weighted by molar-refractivity contribution is -0.123. The van der Waals surface area contributed by atoms with E-state index in [2.05, 4.69) is 12.2 Å². The van der Waals surface area contributed by atoms with Crippen molar-refractivity contribution in [3.05, 3.63) is 35.9 Å². The van der Waals surface area contributed by atoms with E-state index in [1.165, 1.54) is 0 Å². The Hall–Kier alpha value is -1.35. The summed E-state index contributed by atoms with van der Waals surface area (Å²) in [4.78, 5) is 12.3. The van der Waals surface area contributed by atoms with Crippen LogP contribution >= 0.6 is 0 Å². The summed E-state index contributed by atoms with van der Waals surface area (Å²) in [5.41, 5.74) is 1.05. The fourth-order valence-electron chi connectivity index (χ4n) is 2.22. The van der Waals surface area contributed by atoms with Gasteiger partial charge in [0.05, 0.1) is 12.0 Å². The number of nitrogens with one attached hydrogen (secondary N) is 1. The molecule has 0 bridgehead atoms. The number of benzene rings is 1. The van der Waals surface area contributed by atoms with Crippen molar-refractivity contribution >= 4 is 5.91 Å². The molecule has 3 heteroatoms. The quantitative estimate of drug-likeness (QED) is 0.767. The zero-order chi connectivity index (χ0) is 15.0. The highest BCUT2D eigenvalue weighted by Gasteiger charge is 2.21. The van der Waals surface area contributed by atoms with E-state index < -0.39 is 6.10 Å². The molecule has 1 amide bonds. The average Bonchev–Trinajstić information content (AvgIpc) is 2.49. The van der Waals surface area contributed by atoms with Gasteiger partial charge in [-0.25, -0.2) is 0 Å². The molecule has 1 aromatic carbocycles. The van der Waals surface area contributed by atoms with Crippen LogP contribution in [-0.4, -0.2) is 23.7 Å². The summed E-state index contributed by atoms with van der Waals surface area (Å²) in [5.74, 6) is 0.0994. The third-order valence-electron chi connectivity index (χ3n) is 3.88. The van der Waals surface area contributed by atoms with E-state index in [0.717, 1.165) is 24.8 Å². The predicted molar refractivity (Wildman–Crippen MR) is 82.6 cm³/mol. The Kier molecular flexibility index (Phi) is 7.31. The van der Waals surface area contributed by atoms with Crippen LogP contribution in [0.2, 0.25) is 0 Å². The van der Waals surface area contributed by atoms with Crippen LogP contribution in [0.15, 0.2) is 30.3 Å². The highest BCUT2D eigenvalue weighted by atomic mass is 16.3. The van der Waals surface area contributed by atoms with Crippen LogP contribution in [0.3, 0.4) is 0 Å². The molecule has 3 atom stereocenters. The first-order valence-corrected chi connectivity index (χ1v) is 7.60. The molecule has 2 N–H and O–H groups in total. The summed E-state index contributed by atoms with van der Waals surface area (Å²) in [5, 5.41) is 12.8. The number of aliphatic hydroxyl groups is 1. The van der Waals surface area contributed by atoms with Crippen LogP contribution in [0.4, 0.5) is 0 Å². The number of rotatable bonds is 8. The highest BCUT2D eigenvalue weighted by Crippen LogP contribution is 2.21. The van der Waals surface area contributed by atoms with Crippen molar-refractivity contribution in [1.82, 2.24) is 5.32 Å². The SMILES string of the molecule is CCCC(C(=O)NCC(O)C(C)CC)c1ccccc1. The molecule has 112 valence electrons. The van der Waals surface area contributed by atoms with Crippen LogP contribution in [0.1, 0.15) is 51.5 Å². The van der Waals surface area contributed by atoms with Crippen molar-refractivity contribution < 1.29 is 9.90 Å². The van der Waals surface area contributed by atoms with Gasteiger partial charge in [-0.05, 0) is 17.9 Å². The maximum atomic E-state index is 12.3. The molecule has 3 nitrogen and oxygen atoms in total.